The maximum atomic E-state index is 12.5. The third-order valence-corrected chi connectivity index (χ3v) is 5.01. The fourth-order valence-electron chi connectivity index (χ4n) is 2.85. The van der Waals surface area contributed by atoms with Crippen LogP contribution in [0.2, 0.25) is 0 Å². The van der Waals surface area contributed by atoms with Gasteiger partial charge in [0.1, 0.15) is 0 Å². The van der Waals surface area contributed by atoms with Crippen molar-refractivity contribution >= 4 is 39.2 Å². The lowest BCUT2D eigenvalue weighted by molar-refractivity contribution is 0.229. The molecule has 0 saturated heterocycles. The van der Waals surface area contributed by atoms with Gasteiger partial charge in [-0.1, -0.05) is 21.1 Å². The zero-order chi connectivity index (χ0) is 16.7. The molecule has 9 heteroatoms. The van der Waals surface area contributed by atoms with Gasteiger partial charge in [-0.3, -0.25) is 9.36 Å². The quantitative estimate of drug-likeness (QED) is 0.688. The monoisotopic (exact) mass is 425 g/mol. The summed E-state index contributed by atoms with van der Waals surface area (Å²) in [7, 11) is 0. The molecule has 4 rings (SSSR count). The van der Waals surface area contributed by atoms with Crippen LogP contribution in [0, 0.1) is 0 Å². The SMILES string of the molecule is Cl.NC1(c2noc(CCn3cnc4ccc(Br)cc4c3=O)n2)CCC1. The van der Waals surface area contributed by atoms with Crippen LogP contribution in [-0.2, 0) is 18.5 Å². The minimum Gasteiger partial charge on any atom is -0.339 e. The summed E-state index contributed by atoms with van der Waals surface area (Å²) >= 11 is 3.38. The van der Waals surface area contributed by atoms with E-state index in [0.717, 1.165) is 23.7 Å². The Balaban J connectivity index is 0.00000182. The van der Waals surface area contributed by atoms with Crippen LogP contribution in [0.1, 0.15) is 31.0 Å². The summed E-state index contributed by atoms with van der Waals surface area (Å²) in [5.74, 6) is 1.06. The van der Waals surface area contributed by atoms with Crippen LogP contribution >= 0.6 is 28.3 Å². The number of hydrogen-bond donors (Lipinski definition) is 1. The highest BCUT2D eigenvalue weighted by molar-refractivity contribution is 9.10. The molecule has 2 N–H and O–H groups in total. The van der Waals surface area contributed by atoms with Gasteiger partial charge in [-0.2, -0.15) is 4.98 Å². The molecule has 1 aliphatic carbocycles. The number of fused-ring (bicyclic) bond motifs is 1. The first-order valence-corrected chi connectivity index (χ1v) is 8.61. The Morgan fingerprint density at radius 3 is 2.88 bits per heavy atom. The predicted octanol–water partition coefficient (Wildman–Crippen LogP) is 2.54. The zero-order valence-corrected chi connectivity index (χ0v) is 15.7. The standard InChI is InChI=1S/C16H16BrN5O2.ClH/c17-10-2-3-12-11(8-10)14(23)22(9-19-12)7-4-13-20-15(21-24-13)16(18)5-1-6-16;/h2-3,8-9H,1,4-7,18H2;1H. The molecule has 2 heterocycles. The molecule has 0 aliphatic heterocycles. The number of nitrogens with zero attached hydrogens (tertiary/aromatic N) is 4. The second kappa shape index (κ2) is 6.86. The van der Waals surface area contributed by atoms with Gasteiger partial charge in [-0.15, -0.1) is 12.4 Å². The second-order valence-electron chi connectivity index (χ2n) is 6.18. The maximum Gasteiger partial charge on any atom is 0.261 e. The largest absolute Gasteiger partial charge is 0.339 e. The topological polar surface area (TPSA) is 99.8 Å². The molecule has 132 valence electrons. The van der Waals surface area contributed by atoms with Crippen molar-refractivity contribution in [1.29, 1.82) is 0 Å². The second-order valence-corrected chi connectivity index (χ2v) is 7.09. The van der Waals surface area contributed by atoms with Crippen molar-refractivity contribution in [2.24, 2.45) is 5.73 Å². The Bertz CT molecular complexity index is 967. The number of aromatic nitrogens is 4. The molecule has 1 fully saturated rings. The summed E-state index contributed by atoms with van der Waals surface area (Å²) in [6, 6.07) is 5.46. The first-order chi connectivity index (χ1) is 11.5. The number of nitrogens with two attached hydrogens (primary N) is 1. The zero-order valence-electron chi connectivity index (χ0n) is 13.3. The summed E-state index contributed by atoms with van der Waals surface area (Å²) in [5.41, 5.74) is 6.34. The van der Waals surface area contributed by atoms with Crippen LogP contribution in [-0.4, -0.2) is 19.7 Å². The smallest absolute Gasteiger partial charge is 0.261 e. The molecular formula is C16H17BrClN5O2. The molecule has 7 nitrogen and oxygen atoms in total. The van der Waals surface area contributed by atoms with Gasteiger partial charge in [0, 0.05) is 17.4 Å². The molecule has 0 amide bonds. The molecule has 25 heavy (non-hydrogen) atoms. The van der Waals surface area contributed by atoms with Crippen molar-refractivity contribution in [3.05, 3.63) is 51.1 Å². The van der Waals surface area contributed by atoms with Gasteiger partial charge in [0.2, 0.25) is 5.89 Å². The van der Waals surface area contributed by atoms with E-state index in [2.05, 4.69) is 31.1 Å². The summed E-state index contributed by atoms with van der Waals surface area (Å²) in [5, 5.41) is 4.56. The molecule has 0 spiro atoms. The van der Waals surface area contributed by atoms with Gasteiger partial charge in [0.25, 0.3) is 5.56 Å². The fraction of sp³-hybridized carbons (Fsp3) is 0.375. The summed E-state index contributed by atoms with van der Waals surface area (Å²) in [6.07, 6.45) is 4.87. The van der Waals surface area contributed by atoms with Crippen LogP contribution in [0.5, 0.6) is 0 Å². The normalized spacial score (nSPS) is 15.6. The molecule has 1 aliphatic rings. The molecule has 1 saturated carbocycles. The van der Waals surface area contributed by atoms with Crippen molar-refractivity contribution in [1.82, 2.24) is 19.7 Å². The van der Waals surface area contributed by atoms with Crippen molar-refractivity contribution in [2.45, 2.75) is 37.8 Å². The molecule has 0 atom stereocenters. The predicted molar refractivity (Wildman–Crippen MR) is 98.7 cm³/mol. The first-order valence-electron chi connectivity index (χ1n) is 7.82. The van der Waals surface area contributed by atoms with Crippen LogP contribution in [0.25, 0.3) is 10.9 Å². The van der Waals surface area contributed by atoms with Crippen molar-refractivity contribution in [2.75, 3.05) is 0 Å². The van der Waals surface area contributed by atoms with Gasteiger partial charge in [-0.25, -0.2) is 4.98 Å². The molecule has 2 aromatic heterocycles. The van der Waals surface area contributed by atoms with E-state index in [0.29, 0.717) is 35.6 Å². The van der Waals surface area contributed by atoms with Crippen molar-refractivity contribution < 1.29 is 4.52 Å². The number of hydrogen-bond acceptors (Lipinski definition) is 6. The van der Waals surface area contributed by atoms with Gasteiger partial charge < -0.3 is 10.3 Å². The Morgan fingerprint density at radius 1 is 1.36 bits per heavy atom. The summed E-state index contributed by atoms with van der Waals surface area (Å²) < 4.78 is 7.68. The third kappa shape index (κ3) is 3.33. The third-order valence-electron chi connectivity index (χ3n) is 4.51. The number of benzene rings is 1. The molecular weight excluding hydrogens is 410 g/mol. The van der Waals surface area contributed by atoms with Gasteiger partial charge in [-0.05, 0) is 37.5 Å². The van der Waals surface area contributed by atoms with Gasteiger partial charge in [0.15, 0.2) is 5.82 Å². The number of halogens is 2. The van der Waals surface area contributed by atoms with E-state index in [1.54, 1.807) is 17.0 Å². The summed E-state index contributed by atoms with van der Waals surface area (Å²) in [6.45, 7) is 0.424. The highest BCUT2D eigenvalue weighted by atomic mass is 79.9. The first kappa shape index (κ1) is 18.0. The highest BCUT2D eigenvalue weighted by Gasteiger charge is 2.38. The van der Waals surface area contributed by atoms with E-state index in [-0.39, 0.29) is 18.0 Å². The lowest BCUT2D eigenvalue weighted by Gasteiger charge is -2.34. The van der Waals surface area contributed by atoms with E-state index in [1.165, 1.54) is 0 Å². The minimum absolute atomic E-state index is 0. The van der Waals surface area contributed by atoms with Crippen LogP contribution < -0.4 is 11.3 Å². The fourth-order valence-corrected chi connectivity index (χ4v) is 3.21. The average molecular weight is 427 g/mol. The Kier molecular flexibility index (Phi) is 4.95. The van der Waals surface area contributed by atoms with Crippen LogP contribution in [0.15, 0.2) is 38.3 Å². The molecule has 1 aromatic carbocycles. The Hall–Kier alpha value is -1.77. The summed E-state index contributed by atoms with van der Waals surface area (Å²) in [4.78, 5) is 21.2. The van der Waals surface area contributed by atoms with Crippen LogP contribution in [0.4, 0.5) is 0 Å². The molecule has 0 unspecified atom stereocenters. The van der Waals surface area contributed by atoms with Crippen LogP contribution in [0.3, 0.4) is 0 Å². The maximum absolute atomic E-state index is 12.5. The van der Waals surface area contributed by atoms with Crippen molar-refractivity contribution in [3.8, 4) is 0 Å². The Labute approximate surface area is 158 Å². The van der Waals surface area contributed by atoms with Crippen molar-refractivity contribution in [3.63, 3.8) is 0 Å². The number of aryl methyl sites for hydroxylation is 2. The number of rotatable bonds is 4. The van der Waals surface area contributed by atoms with E-state index in [1.807, 2.05) is 12.1 Å². The molecule has 0 bridgehead atoms. The highest BCUT2D eigenvalue weighted by Crippen LogP contribution is 2.36. The van der Waals surface area contributed by atoms with E-state index in [4.69, 9.17) is 10.3 Å². The van der Waals surface area contributed by atoms with Gasteiger partial charge in [0.05, 0.1) is 22.8 Å². The van der Waals surface area contributed by atoms with E-state index < -0.39 is 5.54 Å². The minimum atomic E-state index is -0.435. The lowest BCUT2D eigenvalue weighted by atomic mass is 9.77. The lowest BCUT2D eigenvalue weighted by Crippen LogP contribution is -2.44. The van der Waals surface area contributed by atoms with E-state index >= 15 is 0 Å². The van der Waals surface area contributed by atoms with Gasteiger partial charge >= 0.3 is 0 Å². The van der Waals surface area contributed by atoms with E-state index in [9.17, 15) is 4.79 Å². The Morgan fingerprint density at radius 2 is 2.16 bits per heavy atom. The molecule has 0 radical (unpaired) electrons. The molecule has 3 aromatic rings. The average Bonchev–Trinajstić information content (AvgIpc) is 3.02.